The molecule has 1 aromatic carbocycles. The van der Waals surface area contributed by atoms with E-state index in [4.69, 9.17) is 9.47 Å². The number of methoxy groups -OCH3 is 2. The van der Waals surface area contributed by atoms with E-state index in [1.807, 2.05) is 6.07 Å². The molecule has 4 nitrogen and oxygen atoms in total. The molecule has 2 atom stereocenters. The maximum Gasteiger partial charge on any atom is 0.167 e. The minimum Gasteiger partial charge on any atom is -0.495 e. The predicted molar refractivity (Wildman–Crippen MR) is 84.5 cm³/mol. The Morgan fingerprint density at radius 3 is 2.76 bits per heavy atom. The van der Waals surface area contributed by atoms with Crippen LogP contribution in [0.3, 0.4) is 0 Å². The number of benzene rings is 1. The Hall–Kier alpha value is -1.07. The Balaban J connectivity index is 2.18. The van der Waals surface area contributed by atoms with Gasteiger partial charge in [0.25, 0.3) is 0 Å². The van der Waals surface area contributed by atoms with Gasteiger partial charge < -0.3 is 14.4 Å². The lowest BCUT2D eigenvalue weighted by Gasteiger charge is -2.41. The van der Waals surface area contributed by atoms with E-state index in [0.29, 0.717) is 24.0 Å². The highest BCUT2D eigenvalue weighted by Gasteiger charge is 2.40. The van der Waals surface area contributed by atoms with Gasteiger partial charge in [-0.2, -0.15) is 0 Å². The molecule has 5 heteroatoms. The van der Waals surface area contributed by atoms with Gasteiger partial charge in [0.2, 0.25) is 0 Å². The molecule has 0 amide bonds. The van der Waals surface area contributed by atoms with E-state index in [-0.39, 0.29) is 5.78 Å². The summed E-state index contributed by atoms with van der Waals surface area (Å²) < 4.78 is 11.7. The van der Waals surface area contributed by atoms with E-state index in [2.05, 4.69) is 27.9 Å². The van der Waals surface area contributed by atoms with Crippen molar-refractivity contribution in [2.45, 2.75) is 18.8 Å². The third-order valence-electron chi connectivity index (χ3n) is 4.73. The first-order valence-electron chi connectivity index (χ1n) is 7.23. The standard InChI is InChI=1S/C16H20BrNO3/c1-18-5-4-9-6-12(19)14-10(11(9)8-18)7-13(20-2)15(17)16(14)21-3/h7,9,11H,4-6,8H2,1-3H3/t9-,11+/m0/s1. The lowest BCUT2D eigenvalue weighted by atomic mass is 9.71. The van der Waals surface area contributed by atoms with Gasteiger partial charge >= 0.3 is 0 Å². The Morgan fingerprint density at radius 2 is 2.10 bits per heavy atom. The molecule has 3 rings (SSSR count). The number of carbonyl (C=O) groups excluding carboxylic acids is 1. The predicted octanol–water partition coefficient (Wildman–Crippen LogP) is 3.09. The van der Waals surface area contributed by atoms with Gasteiger partial charge in [0.15, 0.2) is 5.78 Å². The average molecular weight is 354 g/mol. The number of likely N-dealkylation sites (tertiary alicyclic amines) is 1. The van der Waals surface area contributed by atoms with Crippen LogP contribution in [0, 0.1) is 5.92 Å². The van der Waals surface area contributed by atoms with Gasteiger partial charge in [-0.25, -0.2) is 0 Å². The van der Waals surface area contributed by atoms with Gasteiger partial charge in [-0.3, -0.25) is 4.79 Å². The summed E-state index contributed by atoms with van der Waals surface area (Å²) in [5.74, 6) is 2.36. The van der Waals surface area contributed by atoms with Gasteiger partial charge in [-0.05, 0) is 53.5 Å². The van der Waals surface area contributed by atoms with Crippen LogP contribution in [0.15, 0.2) is 10.5 Å². The van der Waals surface area contributed by atoms with Crippen molar-refractivity contribution in [3.63, 3.8) is 0 Å². The summed E-state index contributed by atoms with van der Waals surface area (Å²) in [6.45, 7) is 2.05. The van der Waals surface area contributed by atoms with Gasteiger partial charge in [-0.15, -0.1) is 0 Å². The van der Waals surface area contributed by atoms with Crippen molar-refractivity contribution in [2.24, 2.45) is 5.92 Å². The first-order valence-corrected chi connectivity index (χ1v) is 8.02. The molecular weight excluding hydrogens is 334 g/mol. The number of fused-ring (bicyclic) bond motifs is 3. The first-order chi connectivity index (χ1) is 10.1. The number of ketones is 1. The molecule has 21 heavy (non-hydrogen) atoms. The lowest BCUT2D eigenvalue weighted by molar-refractivity contribution is 0.0882. The molecule has 114 valence electrons. The SMILES string of the molecule is COc1cc2c(c(OC)c1Br)C(=O)C[C@@H]1CCN(C)C[C@@H]21. The number of rotatable bonds is 2. The number of halogens is 1. The molecule has 1 saturated heterocycles. The van der Waals surface area contributed by atoms with E-state index in [9.17, 15) is 4.79 Å². The quantitative estimate of drug-likeness (QED) is 0.818. The molecule has 1 heterocycles. The molecular formula is C16H20BrNO3. The molecule has 0 unspecified atom stereocenters. The van der Waals surface area contributed by atoms with Crippen LogP contribution < -0.4 is 9.47 Å². The summed E-state index contributed by atoms with van der Waals surface area (Å²) >= 11 is 3.50. The number of ether oxygens (including phenoxy) is 2. The number of carbonyl (C=O) groups is 1. The van der Waals surface area contributed by atoms with E-state index < -0.39 is 0 Å². The third kappa shape index (κ3) is 2.36. The Labute approximate surface area is 133 Å². The molecule has 0 N–H and O–H groups in total. The topological polar surface area (TPSA) is 38.8 Å². The van der Waals surface area contributed by atoms with Crippen molar-refractivity contribution in [3.8, 4) is 11.5 Å². The second-order valence-corrected chi connectivity index (χ2v) is 6.73. The zero-order chi connectivity index (χ0) is 15.1. The van der Waals surface area contributed by atoms with Crippen LogP contribution in [0.2, 0.25) is 0 Å². The van der Waals surface area contributed by atoms with Gasteiger partial charge in [0.05, 0.1) is 19.8 Å². The molecule has 0 saturated carbocycles. The lowest BCUT2D eigenvalue weighted by Crippen LogP contribution is -2.40. The number of hydrogen-bond donors (Lipinski definition) is 0. The third-order valence-corrected chi connectivity index (χ3v) is 5.48. The first kappa shape index (κ1) is 14.9. The highest BCUT2D eigenvalue weighted by molar-refractivity contribution is 9.10. The summed E-state index contributed by atoms with van der Waals surface area (Å²) in [5, 5.41) is 0. The number of likely N-dealkylation sites (N-methyl/N-ethyl adjacent to an activating group) is 1. The number of piperidine rings is 1. The van der Waals surface area contributed by atoms with Crippen LogP contribution in [0.4, 0.5) is 0 Å². The zero-order valence-corrected chi connectivity index (χ0v) is 14.2. The minimum atomic E-state index is 0.191. The van der Waals surface area contributed by atoms with Gasteiger partial charge in [0, 0.05) is 18.9 Å². The summed E-state index contributed by atoms with van der Waals surface area (Å²) in [4.78, 5) is 14.9. The molecule has 1 aliphatic heterocycles. The van der Waals surface area contributed by atoms with E-state index in [0.717, 1.165) is 40.9 Å². The Bertz CT molecular complexity index is 587. The van der Waals surface area contributed by atoms with E-state index in [1.54, 1.807) is 14.2 Å². The fourth-order valence-electron chi connectivity index (χ4n) is 3.65. The van der Waals surface area contributed by atoms with Crippen LogP contribution in [0.1, 0.15) is 34.7 Å². The fourth-order valence-corrected chi connectivity index (χ4v) is 4.29. The fraction of sp³-hybridized carbons (Fsp3) is 0.562. The van der Waals surface area contributed by atoms with Crippen LogP contribution in [0.5, 0.6) is 11.5 Å². The summed E-state index contributed by atoms with van der Waals surface area (Å²) in [6, 6.07) is 2.01. The number of nitrogens with zero attached hydrogens (tertiary/aromatic N) is 1. The van der Waals surface area contributed by atoms with Crippen LogP contribution in [0.25, 0.3) is 0 Å². The Morgan fingerprint density at radius 1 is 1.33 bits per heavy atom. The summed E-state index contributed by atoms with van der Waals surface area (Å²) in [7, 11) is 5.38. The molecule has 2 aliphatic rings. The smallest absolute Gasteiger partial charge is 0.167 e. The Kier molecular flexibility index (Phi) is 3.97. The van der Waals surface area contributed by atoms with Gasteiger partial charge in [0.1, 0.15) is 16.0 Å². The normalized spacial score (nSPS) is 25.2. The maximum absolute atomic E-state index is 12.6. The monoisotopic (exact) mass is 353 g/mol. The van der Waals surface area contributed by atoms with Crippen molar-refractivity contribution in [3.05, 3.63) is 21.7 Å². The number of Topliss-reactive ketones (excluding diaryl/α,β-unsaturated/α-hetero) is 1. The van der Waals surface area contributed by atoms with E-state index >= 15 is 0 Å². The second-order valence-electron chi connectivity index (χ2n) is 5.94. The highest BCUT2D eigenvalue weighted by atomic mass is 79.9. The number of hydrogen-bond acceptors (Lipinski definition) is 4. The summed E-state index contributed by atoms with van der Waals surface area (Å²) in [6.07, 6.45) is 1.70. The van der Waals surface area contributed by atoms with Crippen molar-refractivity contribution in [1.29, 1.82) is 0 Å². The van der Waals surface area contributed by atoms with Crippen molar-refractivity contribution in [1.82, 2.24) is 4.90 Å². The highest BCUT2D eigenvalue weighted by Crippen LogP contribution is 2.49. The molecule has 1 fully saturated rings. The van der Waals surface area contributed by atoms with Crippen molar-refractivity contribution < 1.29 is 14.3 Å². The maximum atomic E-state index is 12.6. The largest absolute Gasteiger partial charge is 0.495 e. The molecule has 0 radical (unpaired) electrons. The van der Waals surface area contributed by atoms with Crippen molar-refractivity contribution >= 4 is 21.7 Å². The second kappa shape index (κ2) is 5.61. The molecule has 0 aromatic heterocycles. The van der Waals surface area contributed by atoms with E-state index in [1.165, 1.54) is 0 Å². The van der Waals surface area contributed by atoms with Crippen molar-refractivity contribution in [2.75, 3.05) is 34.4 Å². The molecule has 1 aromatic rings. The van der Waals surface area contributed by atoms with Crippen LogP contribution in [-0.4, -0.2) is 45.0 Å². The van der Waals surface area contributed by atoms with Crippen LogP contribution in [-0.2, 0) is 0 Å². The molecule has 0 spiro atoms. The minimum absolute atomic E-state index is 0.191. The van der Waals surface area contributed by atoms with Crippen LogP contribution >= 0.6 is 15.9 Å². The zero-order valence-electron chi connectivity index (χ0n) is 12.6. The molecule has 0 bridgehead atoms. The average Bonchev–Trinajstić information content (AvgIpc) is 2.47. The summed E-state index contributed by atoms with van der Waals surface area (Å²) in [5.41, 5.74) is 1.82. The molecule has 1 aliphatic carbocycles. The van der Waals surface area contributed by atoms with Gasteiger partial charge in [-0.1, -0.05) is 0 Å².